The molecule has 2 N–H and O–H groups in total. The van der Waals surface area contributed by atoms with Gasteiger partial charge in [0.2, 0.25) is 0 Å². The second-order valence-electron chi connectivity index (χ2n) is 5.46. The van der Waals surface area contributed by atoms with E-state index in [1.165, 1.54) is 16.0 Å². The Hall–Kier alpha value is -1.69. The van der Waals surface area contributed by atoms with E-state index in [1.807, 2.05) is 13.8 Å². The zero-order chi connectivity index (χ0) is 17.2. The summed E-state index contributed by atoms with van der Waals surface area (Å²) < 4.78 is 5.09. The number of rotatable bonds is 7. The number of esters is 1. The first-order valence-electron chi connectivity index (χ1n) is 7.73. The van der Waals surface area contributed by atoms with Gasteiger partial charge in [0.1, 0.15) is 0 Å². The van der Waals surface area contributed by atoms with Crippen molar-refractivity contribution in [3.63, 3.8) is 0 Å². The second-order valence-corrected chi connectivity index (χ2v) is 6.30. The summed E-state index contributed by atoms with van der Waals surface area (Å²) in [6.45, 7) is 6.96. The molecule has 0 radical (unpaired) electrons. The van der Waals surface area contributed by atoms with Crippen LogP contribution in [0.3, 0.4) is 0 Å². The number of carbonyl (C=O) groups is 1. The zero-order valence-electron chi connectivity index (χ0n) is 14.6. The normalized spacial score (nSPS) is 11.5. The monoisotopic (exact) mass is 337 g/mol. The van der Waals surface area contributed by atoms with Gasteiger partial charge in [0.25, 0.3) is 0 Å². The van der Waals surface area contributed by atoms with Gasteiger partial charge in [0, 0.05) is 25.0 Å². The SMILES string of the molecule is CN=C(NCCC(=O)OC(C)C)NCc1ccc(C)cc1SC. The fraction of sp³-hybridized carbons (Fsp3) is 0.529. The lowest BCUT2D eigenvalue weighted by Crippen LogP contribution is -2.38. The first kappa shape index (κ1) is 19.4. The largest absolute Gasteiger partial charge is 0.463 e. The summed E-state index contributed by atoms with van der Waals surface area (Å²) >= 11 is 1.73. The van der Waals surface area contributed by atoms with Crippen LogP contribution in [0.15, 0.2) is 28.1 Å². The van der Waals surface area contributed by atoms with E-state index >= 15 is 0 Å². The summed E-state index contributed by atoms with van der Waals surface area (Å²) in [5.41, 5.74) is 2.48. The lowest BCUT2D eigenvalue weighted by Gasteiger charge is -2.14. The molecule has 0 heterocycles. The lowest BCUT2D eigenvalue weighted by molar-refractivity contribution is -0.147. The highest BCUT2D eigenvalue weighted by atomic mass is 32.2. The van der Waals surface area contributed by atoms with E-state index in [2.05, 4.69) is 47.0 Å². The second kappa shape index (κ2) is 10.2. The molecule has 0 atom stereocenters. The minimum atomic E-state index is -0.203. The van der Waals surface area contributed by atoms with Crippen molar-refractivity contribution in [2.24, 2.45) is 4.99 Å². The topological polar surface area (TPSA) is 62.7 Å². The molecule has 0 unspecified atom stereocenters. The highest BCUT2D eigenvalue weighted by Gasteiger charge is 2.07. The number of aryl methyl sites for hydroxylation is 1. The van der Waals surface area contributed by atoms with Gasteiger partial charge >= 0.3 is 5.97 Å². The molecule has 0 saturated carbocycles. The van der Waals surface area contributed by atoms with Crippen LogP contribution in [-0.4, -0.2) is 37.9 Å². The fourth-order valence-corrected chi connectivity index (χ4v) is 2.71. The molecule has 1 aromatic carbocycles. The fourth-order valence-electron chi connectivity index (χ4n) is 2.00. The van der Waals surface area contributed by atoms with Crippen molar-refractivity contribution in [1.29, 1.82) is 0 Å². The van der Waals surface area contributed by atoms with Crippen LogP contribution in [0.4, 0.5) is 0 Å². The average Bonchev–Trinajstić information content (AvgIpc) is 2.50. The van der Waals surface area contributed by atoms with Crippen molar-refractivity contribution in [3.05, 3.63) is 29.3 Å². The van der Waals surface area contributed by atoms with Crippen LogP contribution in [0.5, 0.6) is 0 Å². The number of hydrogen-bond acceptors (Lipinski definition) is 4. The molecule has 0 aliphatic rings. The Morgan fingerprint density at radius 1 is 1.35 bits per heavy atom. The molecule has 128 valence electrons. The third kappa shape index (κ3) is 7.41. The van der Waals surface area contributed by atoms with E-state index in [0.29, 0.717) is 25.5 Å². The van der Waals surface area contributed by atoms with E-state index in [9.17, 15) is 4.79 Å². The molecular weight excluding hydrogens is 310 g/mol. The molecular formula is C17H27N3O2S. The Bertz CT molecular complexity index is 545. The Morgan fingerprint density at radius 2 is 2.09 bits per heavy atom. The van der Waals surface area contributed by atoms with Gasteiger partial charge in [-0.1, -0.05) is 12.1 Å². The molecule has 0 bridgehead atoms. The summed E-state index contributed by atoms with van der Waals surface area (Å²) in [5, 5.41) is 6.39. The van der Waals surface area contributed by atoms with Gasteiger partial charge in [0.15, 0.2) is 5.96 Å². The minimum absolute atomic E-state index is 0.0774. The molecule has 0 spiro atoms. The molecule has 0 aliphatic heterocycles. The molecule has 5 nitrogen and oxygen atoms in total. The maximum atomic E-state index is 11.5. The van der Waals surface area contributed by atoms with E-state index < -0.39 is 0 Å². The number of nitrogens with zero attached hydrogens (tertiary/aromatic N) is 1. The van der Waals surface area contributed by atoms with Crippen molar-refractivity contribution >= 4 is 23.7 Å². The summed E-state index contributed by atoms with van der Waals surface area (Å²) in [7, 11) is 1.71. The summed E-state index contributed by atoms with van der Waals surface area (Å²) in [6, 6.07) is 6.41. The molecule has 1 aromatic rings. The third-order valence-corrected chi connectivity index (χ3v) is 3.92. The maximum absolute atomic E-state index is 11.5. The average molecular weight is 337 g/mol. The van der Waals surface area contributed by atoms with E-state index in [4.69, 9.17) is 4.74 Å². The predicted octanol–water partition coefficient (Wildman–Crippen LogP) is 2.72. The molecule has 23 heavy (non-hydrogen) atoms. The van der Waals surface area contributed by atoms with Gasteiger partial charge in [0.05, 0.1) is 12.5 Å². The third-order valence-electron chi connectivity index (χ3n) is 3.10. The molecule has 6 heteroatoms. The van der Waals surface area contributed by atoms with Gasteiger partial charge < -0.3 is 15.4 Å². The van der Waals surface area contributed by atoms with Crippen LogP contribution in [0.2, 0.25) is 0 Å². The van der Waals surface area contributed by atoms with Crippen molar-refractivity contribution in [2.45, 2.75) is 44.7 Å². The van der Waals surface area contributed by atoms with Crippen molar-refractivity contribution in [3.8, 4) is 0 Å². The van der Waals surface area contributed by atoms with Crippen molar-refractivity contribution in [1.82, 2.24) is 10.6 Å². The van der Waals surface area contributed by atoms with Crippen LogP contribution in [0.25, 0.3) is 0 Å². The summed E-state index contributed by atoms with van der Waals surface area (Å²) in [5.74, 6) is 0.473. The highest BCUT2D eigenvalue weighted by molar-refractivity contribution is 7.98. The zero-order valence-corrected chi connectivity index (χ0v) is 15.4. The van der Waals surface area contributed by atoms with Crippen LogP contribution in [-0.2, 0) is 16.1 Å². The van der Waals surface area contributed by atoms with Gasteiger partial charge in [-0.25, -0.2) is 0 Å². The highest BCUT2D eigenvalue weighted by Crippen LogP contribution is 2.21. The molecule has 0 amide bonds. The maximum Gasteiger partial charge on any atom is 0.307 e. The van der Waals surface area contributed by atoms with Crippen LogP contribution < -0.4 is 10.6 Å². The Morgan fingerprint density at radius 3 is 2.70 bits per heavy atom. The Labute approximate surface area is 143 Å². The van der Waals surface area contributed by atoms with E-state index in [0.717, 1.165) is 0 Å². The number of hydrogen-bond donors (Lipinski definition) is 2. The quantitative estimate of drug-likeness (QED) is 0.347. The number of nitrogens with one attached hydrogen (secondary N) is 2. The molecule has 0 saturated heterocycles. The lowest BCUT2D eigenvalue weighted by atomic mass is 10.1. The van der Waals surface area contributed by atoms with Crippen LogP contribution in [0, 0.1) is 6.92 Å². The standard InChI is InChI=1S/C17H27N3O2S/c1-12(2)22-16(21)8-9-19-17(18-4)20-11-14-7-6-13(3)10-15(14)23-5/h6-7,10,12H,8-9,11H2,1-5H3,(H2,18,19,20). The molecule has 0 fully saturated rings. The van der Waals surface area contributed by atoms with Gasteiger partial charge in [-0.05, 0) is 44.2 Å². The van der Waals surface area contributed by atoms with Crippen molar-refractivity contribution in [2.75, 3.05) is 19.8 Å². The molecule has 0 aromatic heterocycles. The molecule has 1 rings (SSSR count). The number of carbonyl (C=O) groups excluding carboxylic acids is 1. The number of ether oxygens (including phenoxy) is 1. The van der Waals surface area contributed by atoms with Gasteiger partial charge in [-0.15, -0.1) is 11.8 Å². The number of guanidine groups is 1. The van der Waals surface area contributed by atoms with Crippen LogP contribution in [0.1, 0.15) is 31.4 Å². The minimum Gasteiger partial charge on any atom is -0.463 e. The van der Waals surface area contributed by atoms with Crippen molar-refractivity contribution < 1.29 is 9.53 Å². The Balaban J connectivity index is 2.44. The summed E-state index contributed by atoms with van der Waals surface area (Å²) in [6.07, 6.45) is 2.32. The van der Waals surface area contributed by atoms with Gasteiger partial charge in [-0.2, -0.15) is 0 Å². The first-order valence-corrected chi connectivity index (χ1v) is 8.96. The number of benzene rings is 1. The smallest absolute Gasteiger partial charge is 0.307 e. The first-order chi connectivity index (χ1) is 11.0. The number of aliphatic imine (C=N–C) groups is 1. The number of thioether (sulfide) groups is 1. The summed E-state index contributed by atoms with van der Waals surface area (Å²) in [4.78, 5) is 16.9. The van der Waals surface area contributed by atoms with Gasteiger partial charge in [-0.3, -0.25) is 9.79 Å². The molecule has 0 aliphatic carbocycles. The van der Waals surface area contributed by atoms with Crippen LogP contribution >= 0.6 is 11.8 Å². The van der Waals surface area contributed by atoms with E-state index in [-0.39, 0.29) is 12.1 Å². The predicted molar refractivity (Wildman–Crippen MR) is 97.0 cm³/mol. The van der Waals surface area contributed by atoms with E-state index in [1.54, 1.807) is 18.8 Å². The Kier molecular flexibility index (Phi) is 8.55.